The van der Waals surface area contributed by atoms with Gasteiger partial charge >= 0.3 is 0 Å². The maximum atomic E-state index is 12.5. The minimum absolute atomic E-state index is 0.0544. The molecule has 1 aliphatic heterocycles. The Hall–Kier alpha value is -2.49. The molecule has 1 N–H and O–H groups in total. The van der Waals surface area contributed by atoms with Gasteiger partial charge in [-0.25, -0.2) is 0 Å². The van der Waals surface area contributed by atoms with Crippen LogP contribution < -0.4 is 14.8 Å². The molecule has 4 nitrogen and oxygen atoms in total. The molecular weight excluding hydrogens is 278 g/mol. The lowest BCUT2D eigenvalue weighted by atomic mass is 10.0. The molecule has 0 radical (unpaired) electrons. The summed E-state index contributed by atoms with van der Waals surface area (Å²) in [5.74, 6) is 1.23. The topological polar surface area (TPSA) is 47.6 Å². The average Bonchev–Trinajstić information content (AvgIpc) is 2.54. The average molecular weight is 297 g/mol. The second-order valence-electron chi connectivity index (χ2n) is 5.42. The maximum absolute atomic E-state index is 12.5. The zero-order chi connectivity index (χ0) is 15.5. The molecule has 1 atom stereocenters. The van der Waals surface area contributed by atoms with Crippen LogP contribution in [-0.2, 0) is 0 Å². The summed E-state index contributed by atoms with van der Waals surface area (Å²) in [7, 11) is 0. The van der Waals surface area contributed by atoms with Crippen molar-refractivity contribution in [2.24, 2.45) is 0 Å². The minimum Gasteiger partial charge on any atom is -0.486 e. The largest absolute Gasteiger partial charge is 0.486 e. The highest BCUT2D eigenvalue weighted by atomic mass is 16.6. The van der Waals surface area contributed by atoms with Crippen molar-refractivity contribution >= 4 is 5.91 Å². The fourth-order valence-electron chi connectivity index (χ4n) is 2.53. The first-order valence-corrected chi connectivity index (χ1v) is 7.41. The first kappa shape index (κ1) is 14.4. The van der Waals surface area contributed by atoms with Gasteiger partial charge in [0.1, 0.15) is 13.2 Å². The summed E-state index contributed by atoms with van der Waals surface area (Å²) in [6.07, 6.45) is 0. The van der Waals surface area contributed by atoms with E-state index >= 15 is 0 Å². The number of hydrogen-bond donors (Lipinski definition) is 1. The summed E-state index contributed by atoms with van der Waals surface area (Å²) < 4.78 is 11.1. The van der Waals surface area contributed by atoms with E-state index in [9.17, 15) is 4.79 Å². The molecule has 1 heterocycles. The van der Waals surface area contributed by atoms with E-state index in [1.54, 1.807) is 6.07 Å². The molecule has 2 aromatic carbocycles. The Balaban J connectivity index is 1.80. The molecule has 0 aliphatic carbocycles. The summed E-state index contributed by atoms with van der Waals surface area (Å²) in [5.41, 5.74) is 2.57. The fraction of sp³-hybridized carbons (Fsp3) is 0.278. The van der Waals surface area contributed by atoms with Gasteiger partial charge in [0.05, 0.1) is 6.04 Å². The second-order valence-corrected chi connectivity index (χ2v) is 5.42. The van der Waals surface area contributed by atoms with E-state index in [2.05, 4.69) is 5.32 Å². The molecule has 0 fully saturated rings. The Bertz CT molecular complexity index is 682. The van der Waals surface area contributed by atoms with Gasteiger partial charge < -0.3 is 14.8 Å². The zero-order valence-electron chi connectivity index (χ0n) is 12.8. The summed E-state index contributed by atoms with van der Waals surface area (Å²) in [6.45, 7) is 4.93. The highest BCUT2D eigenvalue weighted by Gasteiger charge is 2.19. The smallest absolute Gasteiger partial charge is 0.252 e. The van der Waals surface area contributed by atoms with Crippen molar-refractivity contribution in [3.8, 4) is 11.5 Å². The molecule has 0 saturated carbocycles. The van der Waals surface area contributed by atoms with Crippen LogP contribution in [0.1, 0.15) is 34.5 Å². The molecule has 0 aromatic heterocycles. The third-order valence-corrected chi connectivity index (χ3v) is 3.78. The van der Waals surface area contributed by atoms with Gasteiger partial charge in [0.15, 0.2) is 11.5 Å². The zero-order valence-corrected chi connectivity index (χ0v) is 12.8. The van der Waals surface area contributed by atoms with Gasteiger partial charge in [0.25, 0.3) is 5.91 Å². The van der Waals surface area contributed by atoms with E-state index in [1.807, 2.05) is 50.2 Å². The van der Waals surface area contributed by atoms with Crippen molar-refractivity contribution in [2.45, 2.75) is 19.9 Å². The van der Waals surface area contributed by atoms with Crippen LogP contribution in [0.25, 0.3) is 0 Å². The predicted octanol–water partition coefficient (Wildman–Crippen LogP) is 3.26. The van der Waals surface area contributed by atoms with E-state index in [-0.39, 0.29) is 11.9 Å². The Labute approximate surface area is 130 Å². The number of carbonyl (C=O) groups excluding carboxylic acids is 1. The number of fused-ring (bicyclic) bond motifs is 1. The Kier molecular flexibility index (Phi) is 4.00. The first-order valence-electron chi connectivity index (χ1n) is 7.41. The van der Waals surface area contributed by atoms with Crippen LogP contribution in [-0.4, -0.2) is 19.1 Å². The molecule has 0 saturated heterocycles. The second kappa shape index (κ2) is 6.10. The molecule has 0 bridgehead atoms. The number of amides is 1. The van der Waals surface area contributed by atoms with Crippen molar-refractivity contribution in [3.63, 3.8) is 0 Å². The van der Waals surface area contributed by atoms with Crippen LogP contribution in [0.3, 0.4) is 0 Å². The predicted molar refractivity (Wildman–Crippen MR) is 84.5 cm³/mol. The SMILES string of the molecule is Cc1cc2c(cc1C(=O)NC(C)c1ccccc1)OCCO2. The van der Waals surface area contributed by atoms with Crippen LogP contribution in [0.2, 0.25) is 0 Å². The van der Waals surface area contributed by atoms with E-state index in [1.165, 1.54) is 0 Å². The summed E-state index contributed by atoms with van der Waals surface area (Å²) in [5, 5.41) is 3.02. The van der Waals surface area contributed by atoms with Crippen LogP contribution in [0.15, 0.2) is 42.5 Å². The Morgan fingerprint density at radius 1 is 1.09 bits per heavy atom. The number of nitrogens with one attached hydrogen (secondary N) is 1. The highest BCUT2D eigenvalue weighted by molar-refractivity contribution is 5.96. The van der Waals surface area contributed by atoms with Crippen LogP contribution >= 0.6 is 0 Å². The quantitative estimate of drug-likeness (QED) is 0.946. The monoisotopic (exact) mass is 297 g/mol. The van der Waals surface area contributed by atoms with Gasteiger partial charge in [-0.3, -0.25) is 4.79 Å². The summed E-state index contributed by atoms with van der Waals surface area (Å²) in [4.78, 5) is 12.5. The van der Waals surface area contributed by atoms with Gasteiger partial charge in [0, 0.05) is 5.56 Å². The number of aryl methyl sites for hydroxylation is 1. The van der Waals surface area contributed by atoms with Crippen molar-refractivity contribution in [3.05, 3.63) is 59.2 Å². The summed E-state index contributed by atoms with van der Waals surface area (Å²) >= 11 is 0. The highest BCUT2D eigenvalue weighted by Crippen LogP contribution is 2.33. The molecule has 4 heteroatoms. The lowest BCUT2D eigenvalue weighted by Crippen LogP contribution is -2.27. The lowest BCUT2D eigenvalue weighted by molar-refractivity contribution is 0.0938. The molecule has 1 unspecified atom stereocenters. The third-order valence-electron chi connectivity index (χ3n) is 3.78. The first-order chi connectivity index (χ1) is 10.6. The van der Waals surface area contributed by atoms with Crippen LogP contribution in [0.4, 0.5) is 0 Å². The number of rotatable bonds is 3. The molecule has 1 aliphatic rings. The van der Waals surface area contributed by atoms with E-state index in [4.69, 9.17) is 9.47 Å². The van der Waals surface area contributed by atoms with Crippen LogP contribution in [0, 0.1) is 6.92 Å². The molecule has 3 rings (SSSR count). The van der Waals surface area contributed by atoms with Gasteiger partial charge in [0.2, 0.25) is 0 Å². The molecular formula is C18H19NO3. The Morgan fingerprint density at radius 2 is 1.73 bits per heavy atom. The number of hydrogen-bond acceptors (Lipinski definition) is 3. The minimum atomic E-state index is -0.106. The number of benzene rings is 2. The standard InChI is InChI=1S/C18H19NO3/c1-12-10-16-17(22-9-8-21-16)11-15(12)18(20)19-13(2)14-6-4-3-5-7-14/h3-7,10-11,13H,8-9H2,1-2H3,(H,19,20). The fourth-order valence-corrected chi connectivity index (χ4v) is 2.53. The lowest BCUT2D eigenvalue weighted by Gasteiger charge is -2.21. The van der Waals surface area contributed by atoms with Crippen molar-refractivity contribution in [1.29, 1.82) is 0 Å². The van der Waals surface area contributed by atoms with Crippen molar-refractivity contribution in [1.82, 2.24) is 5.32 Å². The number of carbonyl (C=O) groups is 1. The van der Waals surface area contributed by atoms with Crippen LogP contribution in [0.5, 0.6) is 11.5 Å². The van der Waals surface area contributed by atoms with Crippen molar-refractivity contribution in [2.75, 3.05) is 13.2 Å². The molecule has 2 aromatic rings. The van der Waals surface area contributed by atoms with E-state index in [0.29, 0.717) is 30.3 Å². The van der Waals surface area contributed by atoms with Crippen molar-refractivity contribution < 1.29 is 14.3 Å². The Morgan fingerprint density at radius 3 is 2.41 bits per heavy atom. The molecule has 1 amide bonds. The van der Waals surface area contributed by atoms with Gasteiger partial charge in [-0.05, 0) is 37.1 Å². The van der Waals surface area contributed by atoms with Gasteiger partial charge in [-0.2, -0.15) is 0 Å². The third kappa shape index (κ3) is 2.91. The molecule has 0 spiro atoms. The maximum Gasteiger partial charge on any atom is 0.252 e. The van der Waals surface area contributed by atoms with E-state index in [0.717, 1.165) is 11.1 Å². The van der Waals surface area contributed by atoms with E-state index < -0.39 is 0 Å². The van der Waals surface area contributed by atoms with Gasteiger partial charge in [-0.1, -0.05) is 30.3 Å². The molecule has 22 heavy (non-hydrogen) atoms. The normalized spacial score (nSPS) is 14.3. The molecule has 114 valence electrons. The number of ether oxygens (including phenoxy) is 2. The summed E-state index contributed by atoms with van der Waals surface area (Å²) in [6, 6.07) is 13.5. The van der Waals surface area contributed by atoms with Gasteiger partial charge in [-0.15, -0.1) is 0 Å².